The van der Waals surface area contributed by atoms with Crippen LogP contribution in [0.5, 0.6) is 0 Å². The molecule has 0 atom stereocenters. The van der Waals surface area contributed by atoms with Crippen LogP contribution in [0.25, 0.3) is 32.9 Å². The van der Waals surface area contributed by atoms with Crippen molar-refractivity contribution in [3.63, 3.8) is 0 Å². The normalized spacial score (nSPS) is 11.1. The summed E-state index contributed by atoms with van der Waals surface area (Å²) in [6.45, 7) is 0. The van der Waals surface area contributed by atoms with E-state index in [1.165, 1.54) is 18.2 Å². The summed E-state index contributed by atoms with van der Waals surface area (Å²) < 4.78 is 18.6. The molecule has 0 N–H and O–H groups in total. The summed E-state index contributed by atoms with van der Waals surface area (Å²) >= 11 is 0. The molecule has 3 aromatic carbocycles. The summed E-state index contributed by atoms with van der Waals surface area (Å²) in [6, 6.07) is 19.2. The Morgan fingerprint density at radius 1 is 0.818 bits per heavy atom. The van der Waals surface area contributed by atoms with Crippen LogP contribution in [-0.2, 0) is 0 Å². The molecule has 4 rings (SSSR count). The second kappa shape index (κ2) is 4.81. The van der Waals surface area contributed by atoms with Crippen molar-refractivity contribution in [1.29, 1.82) is 0 Å². The maximum absolute atomic E-state index is 13.1. The number of rotatable bonds is 1. The number of benzene rings is 3. The molecule has 2 nitrogen and oxygen atoms in total. The van der Waals surface area contributed by atoms with Crippen molar-refractivity contribution in [3.8, 4) is 11.1 Å². The first-order chi connectivity index (χ1) is 10.7. The predicted octanol–water partition coefficient (Wildman–Crippen LogP) is 4.75. The van der Waals surface area contributed by atoms with E-state index in [9.17, 15) is 9.18 Å². The molecule has 22 heavy (non-hydrogen) atoms. The number of fused-ring (bicyclic) bond motifs is 3. The van der Waals surface area contributed by atoms with Crippen LogP contribution >= 0.6 is 0 Å². The first-order valence-corrected chi connectivity index (χ1v) is 6.94. The summed E-state index contributed by atoms with van der Waals surface area (Å²) in [4.78, 5) is 11.9. The molecule has 3 heteroatoms. The Morgan fingerprint density at radius 2 is 1.59 bits per heavy atom. The molecule has 0 amide bonds. The zero-order valence-corrected chi connectivity index (χ0v) is 11.5. The van der Waals surface area contributed by atoms with Crippen LogP contribution in [0, 0.1) is 5.82 Å². The van der Waals surface area contributed by atoms with Gasteiger partial charge in [0.15, 0.2) is 0 Å². The van der Waals surface area contributed by atoms with Gasteiger partial charge in [-0.2, -0.15) is 0 Å². The zero-order valence-electron chi connectivity index (χ0n) is 11.5. The average Bonchev–Trinajstić information content (AvgIpc) is 2.55. The molecule has 0 saturated carbocycles. The van der Waals surface area contributed by atoms with E-state index < -0.39 is 5.63 Å². The van der Waals surface area contributed by atoms with Crippen molar-refractivity contribution >= 4 is 21.7 Å². The first-order valence-electron chi connectivity index (χ1n) is 6.94. The Morgan fingerprint density at radius 3 is 2.41 bits per heavy atom. The Bertz CT molecular complexity index is 1050. The Kier molecular flexibility index (Phi) is 2.79. The van der Waals surface area contributed by atoms with Gasteiger partial charge in [0.25, 0.3) is 0 Å². The SMILES string of the molecule is O=c1cc(-c2ccc(F)cc2)c2ccc3ccccc3c2o1. The lowest BCUT2D eigenvalue weighted by Gasteiger charge is -2.08. The van der Waals surface area contributed by atoms with Crippen molar-refractivity contribution in [2.45, 2.75) is 0 Å². The van der Waals surface area contributed by atoms with Crippen molar-refractivity contribution in [2.24, 2.45) is 0 Å². The molecule has 1 heterocycles. The van der Waals surface area contributed by atoms with Gasteiger partial charge < -0.3 is 4.42 Å². The molecule has 0 bridgehead atoms. The summed E-state index contributed by atoms with van der Waals surface area (Å²) in [5.74, 6) is -0.304. The lowest BCUT2D eigenvalue weighted by molar-refractivity contribution is 0.564. The van der Waals surface area contributed by atoms with E-state index in [0.29, 0.717) is 5.58 Å². The molecule has 0 spiro atoms. The minimum atomic E-state index is -0.414. The van der Waals surface area contributed by atoms with E-state index in [-0.39, 0.29) is 5.82 Å². The van der Waals surface area contributed by atoms with Crippen molar-refractivity contribution < 1.29 is 8.81 Å². The maximum atomic E-state index is 13.1. The van der Waals surface area contributed by atoms with E-state index in [1.54, 1.807) is 12.1 Å². The molecule has 0 aliphatic heterocycles. The molecule has 0 radical (unpaired) electrons. The van der Waals surface area contributed by atoms with Gasteiger partial charge in [-0.1, -0.05) is 42.5 Å². The highest BCUT2D eigenvalue weighted by atomic mass is 19.1. The fourth-order valence-corrected chi connectivity index (χ4v) is 2.76. The summed E-state index contributed by atoms with van der Waals surface area (Å²) in [7, 11) is 0. The lowest BCUT2D eigenvalue weighted by atomic mass is 9.99. The summed E-state index contributed by atoms with van der Waals surface area (Å²) in [6.07, 6.45) is 0. The third-order valence-corrected chi connectivity index (χ3v) is 3.79. The van der Waals surface area contributed by atoms with Crippen LogP contribution < -0.4 is 5.63 Å². The van der Waals surface area contributed by atoms with Crippen LogP contribution in [0.15, 0.2) is 75.9 Å². The molecule has 0 unspecified atom stereocenters. The third-order valence-electron chi connectivity index (χ3n) is 3.79. The van der Waals surface area contributed by atoms with Gasteiger partial charge in [-0.15, -0.1) is 0 Å². The van der Waals surface area contributed by atoms with E-state index in [1.807, 2.05) is 36.4 Å². The lowest BCUT2D eigenvalue weighted by Crippen LogP contribution is -1.98. The second-order valence-corrected chi connectivity index (χ2v) is 5.15. The van der Waals surface area contributed by atoms with Crippen molar-refractivity contribution in [1.82, 2.24) is 0 Å². The van der Waals surface area contributed by atoms with Crippen LogP contribution in [0.1, 0.15) is 0 Å². The van der Waals surface area contributed by atoms with Gasteiger partial charge in [-0.3, -0.25) is 0 Å². The highest BCUT2D eigenvalue weighted by Crippen LogP contribution is 2.31. The second-order valence-electron chi connectivity index (χ2n) is 5.15. The van der Waals surface area contributed by atoms with Crippen molar-refractivity contribution in [3.05, 3.63) is 83.0 Å². The topological polar surface area (TPSA) is 30.2 Å². The molecular weight excluding hydrogens is 279 g/mol. The Labute approximate surface area is 125 Å². The first kappa shape index (κ1) is 12.8. The largest absolute Gasteiger partial charge is 0.422 e. The monoisotopic (exact) mass is 290 g/mol. The van der Waals surface area contributed by atoms with Gasteiger partial charge in [0.05, 0.1) is 0 Å². The number of hydrogen-bond acceptors (Lipinski definition) is 2. The number of halogens is 1. The van der Waals surface area contributed by atoms with Gasteiger partial charge in [-0.05, 0) is 34.7 Å². The Balaban J connectivity index is 2.13. The third kappa shape index (κ3) is 1.99. The summed E-state index contributed by atoms with van der Waals surface area (Å²) in [5.41, 5.74) is 1.68. The van der Waals surface area contributed by atoms with E-state index >= 15 is 0 Å². The van der Waals surface area contributed by atoms with Gasteiger partial charge >= 0.3 is 5.63 Å². The van der Waals surface area contributed by atoms with Crippen LogP contribution in [0.4, 0.5) is 4.39 Å². The fourth-order valence-electron chi connectivity index (χ4n) is 2.76. The zero-order chi connectivity index (χ0) is 15.1. The summed E-state index contributed by atoms with van der Waals surface area (Å²) in [5, 5.41) is 2.74. The van der Waals surface area contributed by atoms with Gasteiger partial charge in [-0.25, -0.2) is 9.18 Å². The van der Waals surface area contributed by atoms with Gasteiger partial charge in [0.1, 0.15) is 11.4 Å². The highest BCUT2D eigenvalue weighted by molar-refractivity contribution is 6.08. The molecule has 0 saturated heterocycles. The minimum absolute atomic E-state index is 0.304. The molecule has 0 fully saturated rings. The molecule has 0 aliphatic carbocycles. The van der Waals surface area contributed by atoms with Crippen LogP contribution in [-0.4, -0.2) is 0 Å². The molecule has 106 valence electrons. The van der Waals surface area contributed by atoms with Crippen molar-refractivity contribution in [2.75, 3.05) is 0 Å². The average molecular weight is 290 g/mol. The molecule has 0 aliphatic rings. The fraction of sp³-hybridized carbons (Fsp3) is 0. The standard InChI is InChI=1S/C19H11FO2/c20-14-8-5-13(6-9-14)17-11-18(21)22-19-15-4-2-1-3-12(15)7-10-16(17)19/h1-11H. The smallest absolute Gasteiger partial charge is 0.336 e. The molecule has 4 aromatic rings. The maximum Gasteiger partial charge on any atom is 0.336 e. The molecular formula is C19H11FO2. The van der Waals surface area contributed by atoms with Crippen LogP contribution in [0.3, 0.4) is 0 Å². The quantitative estimate of drug-likeness (QED) is 0.374. The Hall–Kier alpha value is -2.94. The predicted molar refractivity (Wildman–Crippen MR) is 85.4 cm³/mol. The minimum Gasteiger partial charge on any atom is -0.422 e. The number of hydrogen-bond donors (Lipinski definition) is 0. The molecule has 1 aromatic heterocycles. The van der Waals surface area contributed by atoms with E-state index in [2.05, 4.69) is 0 Å². The van der Waals surface area contributed by atoms with Gasteiger partial charge in [0.2, 0.25) is 0 Å². The van der Waals surface area contributed by atoms with E-state index in [0.717, 1.165) is 27.3 Å². The van der Waals surface area contributed by atoms with Crippen LogP contribution in [0.2, 0.25) is 0 Å². The van der Waals surface area contributed by atoms with E-state index in [4.69, 9.17) is 4.42 Å². The van der Waals surface area contributed by atoms with Gasteiger partial charge in [0, 0.05) is 16.8 Å². The highest BCUT2D eigenvalue weighted by Gasteiger charge is 2.10.